The Balaban J connectivity index is 1.68. The molecule has 0 radical (unpaired) electrons. The van der Waals surface area contributed by atoms with Crippen LogP contribution in [-0.2, 0) is 24.3 Å². The van der Waals surface area contributed by atoms with Crippen LogP contribution in [0.3, 0.4) is 0 Å². The first kappa shape index (κ1) is 18.2. The standard InChI is InChI=1S/C14H25N3O5S/c18-13(15-12-14(19)16-5-2-1-3-6-16)4-11-23(20,21)17-7-9-22-10-8-17/h1-12H2,(H,15,18). The fraction of sp³-hybridized carbons (Fsp3) is 0.857. The number of amides is 2. The number of ether oxygens (including phenoxy) is 1. The number of carbonyl (C=O) groups excluding carboxylic acids is 2. The number of likely N-dealkylation sites (tertiary alicyclic amines) is 1. The lowest BCUT2D eigenvalue weighted by molar-refractivity contribution is -0.133. The molecule has 8 nitrogen and oxygen atoms in total. The van der Waals surface area contributed by atoms with Gasteiger partial charge in [0.1, 0.15) is 0 Å². The molecule has 1 N–H and O–H groups in total. The summed E-state index contributed by atoms with van der Waals surface area (Å²) in [4.78, 5) is 25.4. The zero-order valence-corrected chi connectivity index (χ0v) is 14.1. The van der Waals surface area contributed by atoms with Crippen LogP contribution in [0.15, 0.2) is 0 Å². The molecule has 2 rings (SSSR count). The van der Waals surface area contributed by atoms with Gasteiger partial charge in [0.25, 0.3) is 0 Å². The third-order valence-electron chi connectivity index (χ3n) is 4.10. The van der Waals surface area contributed by atoms with Crippen LogP contribution in [0.1, 0.15) is 25.7 Å². The van der Waals surface area contributed by atoms with Crippen molar-refractivity contribution in [3.8, 4) is 0 Å². The van der Waals surface area contributed by atoms with Crippen LogP contribution in [-0.4, -0.2) is 81.1 Å². The van der Waals surface area contributed by atoms with Crippen LogP contribution >= 0.6 is 0 Å². The van der Waals surface area contributed by atoms with Crippen molar-refractivity contribution in [2.75, 3.05) is 51.7 Å². The molecule has 132 valence electrons. The van der Waals surface area contributed by atoms with Crippen molar-refractivity contribution in [1.29, 1.82) is 0 Å². The number of rotatable bonds is 6. The van der Waals surface area contributed by atoms with E-state index in [0.717, 1.165) is 32.4 Å². The Kier molecular flexibility index (Phi) is 6.79. The number of hydrogen-bond donors (Lipinski definition) is 1. The van der Waals surface area contributed by atoms with E-state index in [0.29, 0.717) is 26.3 Å². The highest BCUT2D eigenvalue weighted by molar-refractivity contribution is 7.89. The summed E-state index contributed by atoms with van der Waals surface area (Å²) in [5.41, 5.74) is 0. The van der Waals surface area contributed by atoms with Crippen LogP contribution in [0.25, 0.3) is 0 Å². The summed E-state index contributed by atoms with van der Waals surface area (Å²) in [7, 11) is -3.44. The molecule has 0 saturated carbocycles. The van der Waals surface area contributed by atoms with Gasteiger partial charge in [-0.1, -0.05) is 0 Å². The number of sulfonamides is 1. The largest absolute Gasteiger partial charge is 0.379 e. The molecule has 2 fully saturated rings. The van der Waals surface area contributed by atoms with E-state index in [-0.39, 0.29) is 24.6 Å². The van der Waals surface area contributed by atoms with Gasteiger partial charge in [-0.3, -0.25) is 9.59 Å². The minimum atomic E-state index is -3.44. The van der Waals surface area contributed by atoms with Gasteiger partial charge in [-0.2, -0.15) is 4.31 Å². The Morgan fingerprint density at radius 1 is 1.00 bits per heavy atom. The first-order chi connectivity index (χ1) is 11.0. The SMILES string of the molecule is O=C(CCS(=O)(=O)N1CCOCC1)NCC(=O)N1CCCCC1. The molecule has 23 heavy (non-hydrogen) atoms. The topological polar surface area (TPSA) is 96.0 Å². The number of morpholine rings is 1. The number of nitrogens with one attached hydrogen (secondary N) is 1. The Morgan fingerprint density at radius 3 is 2.30 bits per heavy atom. The molecule has 0 aliphatic carbocycles. The summed E-state index contributed by atoms with van der Waals surface area (Å²) in [6.45, 7) is 2.84. The van der Waals surface area contributed by atoms with E-state index < -0.39 is 15.9 Å². The molecule has 0 aromatic heterocycles. The summed E-state index contributed by atoms with van der Waals surface area (Å²) in [5, 5.41) is 2.52. The van der Waals surface area contributed by atoms with Crippen molar-refractivity contribution < 1.29 is 22.7 Å². The summed E-state index contributed by atoms with van der Waals surface area (Å²) >= 11 is 0. The highest BCUT2D eigenvalue weighted by Gasteiger charge is 2.25. The van der Waals surface area contributed by atoms with Gasteiger partial charge in [-0.05, 0) is 19.3 Å². The van der Waals surface area contributed by atoms with Crippen molar-refractivity contribution in [3.63, 3.8) is 0 Å². The molecule has 0 aromatic carbocycles. The Labute approximate surface area is 137 Å². The Hall–Kier alpha value is -1.19. The minimum Gasteiger partial charge on any atom is -0.379 e. The lowest BCUT2D eigenvalue weighted by Crippen LogP contribution is -2.44. The van der Waals surface area contributed by atoms with Gasteiger partial charge < -0.3 is 15.0 Å². The molecule has 2 aliphatic rings. The third-order valence-corrected chi connectivity index (χ3v) is 5.97. The van der Waals surface area contributed by atoms with Crippen molar-refractivity contribution >= 4 is 21.8 Å². The van der Waals surface area contributed by atoms with E-state index in [1.807, 2.05) is 0 Å². The number of piperidine rings is 1. The van der Waals surface area contributed by atoms with Crippen LogP contribution in [0, 0.1) is 0 Å². The Morgan fingerprint density at radius 2 is 1.65 bits per heavy atom. The molecule has 0 bridgehead atoms. The molecular formula is C14H25N3O5S. The van der Waals surface area contributed by atoms with E-state index in [1.54, 1.807) is 4.90 Å². The molecule has 2 amide bonds. The van der Waals surface area contributed by atoms with E-state index >= 15 is 0 Å². The van der Waals surface area contributed by atoms with Crippen LogP contribution in [0.2, 0.25) is 0 Å². The van der Waals surface area contributed by atoms with E-state index in [4.69, 9.17) is 4.74 Å². The predicted octanol–water partition coefficient (Wildman–Crippen LogP) is -0.833. The van der Waals surface area contributed by atoms with Gasteiger partial charge in [0.2, 0.25) is 21.8 Å². The summed E-state index contributed by atoms with van der Waals surface area (Å²) in [6, 6.07) is 0. The second-order valence-corrected chi connectivity index (χ2v) is 7.88. The zero-order chi connectivity index (χ0) is 16.7. The maximum Gasteiger partial charge on any atom is 0.241 e. The van der Waals surface area contributed by atoms with E-state index in [9.17, 15) is 18.0 Å². The second kappa shape index (κ2) is 8.60. The number of hydrogen-bond acceptors (Lipinski definition) is 5. The summed E-state index contributed by atoms with van der Waals surface area (Å²) < 4.78 is 30.6. The van der Waals surface area contributed by atoms with Gasteiger partial charge in [0.15, 0.2) is 0 Å². The minimum absolute atomic E-state index is 0.0591. The molecule has 0 aromatic rings. The average molecular weight is 347 g/mol. The second-order valence-electron chi connectivity index (χ2n) is 5.80. The zero-order valence-electron chi connectivity index (χ0n) is 13.3. The fourth-order valence-corrected chi connectivity index (χ4v) is 4.10. The molecule has 2 heterocycles. The molecule has 9 heteroatoms. The third kappa shape index (κ3) is 5.74. The van der Waals surface area contributed by atoms with Crippen molar-refractivity contribution in [2.45, 2.75) is 25.7 Å². The van der Waals surface area contributed by atoms with E-state index in [2.05, 4.69) is 5.32 Å². The lowest BCUT2D eigenvalue weighted by Gasteiger charge is -2.27. The Bertz CT molecular complexity index is 511. The first-order valence-electron chi connectivity index (χ1n) is 8.09. The molecule has 2 saturated heterocycles. The van der Waals surface area contributed by atoms with Gasteiger partial charge in [0, 0.05) is 32.6 Å². The molecule has 0 spiro atoms. The number of nitrogens with zero attached hydrogens (tertiary/aromatic N) is 2. The van der Waals surface area contributed by atoms with Gasteiger partial charge in [-0.15, -0.1) is 0 Å². The molecule has 2 aliphatic heterocycles. The smallest absolute Gasteiger partial charge is 0.241 e. The summed E-state index contributed by atoms with van der Waals surface area (Å²) in [6.07, 6.45) is 3.00. The monoisotopic (exact) mass is 347 g/mol. The van der Waals surface area contributed by atoms with Crippen molar-refractivity contribution in [3.05, 3.63) is 0 Å². The van der Waals surface area contributed by atoms with Gasteiger partial charge >= 0.3 is 0 Å². The van der Waals surface area contributed by atoms with Gasteiger partial charge in [0.05, 0.1) is 25.5 Å². The van der Waals surface area contributed by atoms with Crippen molar-refractivity contribution in [1.82, 2.24) is 14.5 Å². The van der Waals surface area contributed by atoms with Gasteiger partial charge in [-0.25, -0.2) is 8.42 Å². The maximum absolute atomic E-state index is 12.1. The van der Waals surface area contributed by atoms with Crippen molar-refractivity contribution in [2.24, 2.45) is 0 Å². The summed E-state index contributed by atoms with van der Waals surface area (Å²) in [5.74, 6) is -0.752. The predicted molar refractivity (Wildman–Crippen MR) is 84.2 cm³/mol. The lowest BCUT2D eigenvalue weighted by atomic mass is 10.1. The number of carbonyl (C=O) groups is 2. The van der Waals surface area contributed by atoms with Crippen LogP contribution in [0.4, 0.5) is 0 Å². The van der Waals surface area contributed by atoms with Crippen LogP contribution in [0.5, 0.6) is 0 Å². The molecule has 0 atom stereocenters. The average Bonchev–Trinajstić information content (AvgIpc) is 2.59. The quantitative estimate of drug-likeness (QED) is 0.676. The first-order valence-corrected chi connectivity index (χ1v) is 9.70. The highest BCUT2D eigenvalue weighted by atomic mass is 32.2. The normalized spacial score (nSPS) is 20.3. The molecule has 0 unspecified atom stereocenters. The molecular weight excluding hydrogens is 322 g/mol. The highest BCUT2D eigenvalue weighted by Crippen LogP contribution is 2.09. The fourth-order valence-electron chi connectivity index (χ4n) is 2.69. The van der Waals surface area contributed by atoms with Crippen LogP contribution < -0.4 is 5.32 Å². The maximum atomic E-state index is 12.1. The van der Waals surface area contributed by atoms with E-state index in [1.165, 1.54) is 4.31 Å².